The molecule has 1 amide bonds. The second kappa shape index (κ2) is 9.85. The van der Waals surface area contributed by atoms with Gasteiger partial charge < -0.3 is 15.6 Å². The lowest BCUT2D eigenvalue weighted by Gasteiger charge is -2.18. The number of hydrogen-bond donors (Lipinski definition) is 3. The van der Waals surface area contributed by atoms with Crippen molar-refractivity contribution in [3.63, 3.8) is 0 Å². The molecule has 0 bridgehead atoms. The van der Waals surface area contributed by atoms with E-state index in [1.54, 1.807) is 6.20 Å². The molecule has 0 aliphatic carbocycles. The van der Waals surface area contributed by atoms with Gasteiger partial charge in [0.05, 0.1) is 11.3 Å². The lowest BCUT2D eigenvalue weighted by molar-refractivity contribution is -0.116. The molecule has 1 atom stereocenters. The summed E-state index contributed by atoms with van der Waals surface area (Å²) in [6.07, 6.45) is 6.15. The molecule has 35 heavy (non-hydrogen) atoms. The number of nitrogens with two attached hydrogens (primary N) is 1. The predicted octanol–water partition coefficient (Wildman–Crippen LogP) is 4.44. The van der Waals surface area contributed by atoms with Crippen LogP contribution in [0.2, 0.25) is 0 Å². The van der Waals surface area contributed by atoms with Crippen molar-refractivity contribution in [1.29, 1.82) is 0 Å². The Labute approximate surface area is 211 Å². The van der Waals surface area contributed by atoms with E-state index in [2.05, 4.69) is 36.4 Å². The van der Waals surface area contributed by atoms with E-state index in [0.29, 0.717) is 29.9 Å². The highest BCUT2D eigenvalue weighted by Gasteiger charge is 2.21. The number of carbonyl (C=O) groups excluding carboxylic acids is 1. The number of pyridine rings is 1. The maximum atomic E-state index is 13.8. The number of rotatable bonds is 7. The zero-order chi connectivity index (χ0) is 24.4. The molecule has 2 aromatic carbocycles. The van der Waals surface area contributed by atoms with Gasteiger partial charge in [-0.1, -0.05) is 46.3 Å². The minimum Gasteiger partial charge on any atom is -0.350 e. The second-order valence-electron chi connectivity index (χ2n) is 8.48. The fourth-order valence-corrected chi connectivity index (χ4v) is 4.68. The van der Waals surface area contributed by atoms with Gasteiger partial charge in [0.25, 0.3) is 5.91 Å². The first-order chi connectivity index (χ1) is 17.0. The smallest absolute Gasteiger partial charge is 0.252 e. The van der Waals surface area contributed by atoms with Crippen LogP contribution in [-0.4, -0.2) is 38.2 Å². The van der Waals surface area contributed by atoms with E-state index in [1.165, 1.54) is 0 Å². The van der Waals surface area contributed by atoms with Gasteiger partial charge in [0.1, 0.15) is 0 Å². The van der Waals surface area contributed by atoms with E-state index in [4.69, 9.17) is 5.73 Å². The Bertz CT molecular complexity index is 1540. The first-order valence-electron chi connectivity index (χ1n) is 11.3. The summed E-state index contributed by atoms with van der Waals surface area (Å²) in [5.74, 6) is -0.205. The van der Waals surface area contributed by atoms with Crippen LogP contribution in [0, 0.1) is 0 Å². The highest BCUT2D eigenvalue weighted by molar-refractivity contribution is 9.10. The third-order valence-electron chi connectivity index (χ3n) is 6.08. The maximum Gasteiger partial charge on any atom is 0.252 e. The van der Waals surface area contributed by atoms with Crippen LogP contribution in [0.5, 0.6) is 0 Å². The van der Waals surface area contributed by atoms with E-state index in [9.17, 15) is 4.79 Å². The third kappa shape index (κ3) is 4.76. The normalized spacial score (nSPS) is 12.8. The van der Waals surface area contributed by atoms with E-state index >= 15 is 0 Å². The van der Waals surface area contributed by atoms with Gasteiger partial charge in [-0.25, -0.2) is 4.98 Å². The molecule has 5 aromatic rings. The Kier molecular flexibility index (Phi) is 6.48. The SMILES string of the molecule is Cn1cc(C(=Cc2n[nH]c3ncccc23)C(=O)N[C@H](CN)Cc2ccccc2)c2cc(Br)ccc21. The van der Waals surface area contributed by atoms with Crippen molar-refractivity contribution in [2.75, 3.05) is 6.54 Å². The number of H-pyrrole nitrogens is 1. The Balaban J connectivity index is 1.59. The number of benzene rings is 2. The summed E-state index contributed by atoms with van der Waals surface area (Å²) in [7, 11) is 1.97. The molecule has 8 heteroatoms. The molecule has 5 rings (SSSR count). The van der Waals surface area contributed by atoms with E-state index < -0.39 is 0 Å². The molecule has 4 N–H and O–H groups in total. The van der Waals surface area contributed by atoms with Gasteiger partial charge in [-0.05, 0) is 48.4 Å². The van der Waals surface area contributed by atoms with Crippen LogP contribution in [0.3, 0.4) is 0 Å². The molecule has 0 saturated heterocycles. The first-order valence-corrected chi connectivity index (χ1v) is 12.1. The average molecular weight is 529 g/mol. The predicted molar refractivity (Wildman–Crippen MR) is 144 cm³/mol. The zero-order valence-electron chi connectivity index (χ0n) is 19.2. The number of nitrogens with one attached hydrogen (secondary N) is 2. The van der Waals surface area contributed by atoms with Gasteiger partial charge in [-0.3, -0.25) is 9.89 Å². The highest BCUT2D eigenvalue weighted by Crippen LogP contribution is 2.31. The molecule has 176 valence electrons. The maximum absolute atomic E-state index is 13.8. The standard InChI is InChI=1S/C27H25BrN6O/c1-34-16-23(21-13-18(28)9-10-25(21)34)22(14-24-20-8-5-11-30-26(20)33-32-24)27(35)31-19(15-29)12-17-6-3-2-4-7-17/h2-11,13-14,16,19H,12,15,29H2,1H3,(H,31,35)(H,30,32,33)/t19-/m0/s1. The molecule has 3 heterocycles. The summed E-state index contributed by atoms with van der Waals surface area (Å²) in [4.78, 5) is 18.1. The summed E-state index contributed by atoms with van der Waals surface area (Å²) in [6, 6.07) is 19.7. The summed E-state index contributed by atoms with van der Waals surface area (Å²) in [5, 5.41) is 12.3. The highest BCUT2D eigenvalue weighted by atomic mass is 79.9. The Morgan fingerprint density at radius 2 is 2.00 bits per heavy atom. The zero-order valence-corrected chi connectivity index (χ0v) is 20.8. The van der Waals surface area contributed by atoms with Crippen LogP contribution >= 0.6 is 15.9 Å². The first kappa shape index (κ1) is 23.0. The fraction of sp³-hybridized carbons (Fsp3) is 0.148. The Hall–Kier alpha value is -3.75. The molecular weight excluding hydrogens is 504 g/mol. The van der Waals surface area contributed by atoms with Crippen molar-refractivity contribution in [2.24, 2.45) is 12.8 Å². The molecule has 0 aliphatic rings. The van der Waals surface area contributed by atoms with Crippen LogP contribution in [0.25, 0.3) is 33.6 Å². The number of aromatic amines is 1. The largest absolute Gasteiger partial charge is 0.350 e. The molecule has 3 aromatic heterocycles. The van der Waals surface area contributed by atoms with Gasteiger partial charge >= 0.3 is 0 Å². The second-order valence-corrected chi connectivity index (χ2v) is 9.39. The van der Waals surface area contributed by atoms with Crippen molar-refractivity contribution < 1.29 is 4.79 Å². The van der Waals surface area contributed by atoms with Gasteiger partial charge in [0.2, 0.25) is 0 Å². The minimum absolute atomic E-state index is 0.205. The monoisotopic (exact) mass is 528 g/mol. The van der Waals surface area contributed by atoms with Gasteiger partial charge in [-0.2, -0.15) is 5.10 Å². The number of nitrogens with zero attached hydrogens (tertiary/aromatic N) is 3. The molecule has 0 aliphatic heterocycles. The van der Waals surface area contributed by atoms with Crippen molar-refractivity contribution in [2.45, 2.75) is 12.5 Å². The summed E-state index contributed by atoms with van der Waals surface area (Å²) >= 11 is 3.57. The van der Waals surface area contributed by atoms with Crippen LogP contribution in [-0.2, 0) is 18.3 Å². The van der Waals surface area contributed by atoms with Crippen LogP contribution in [0.4, 0.5) is 0 Å². The van der Waals surface area contributed by atoms with E-state index in [0.717, 1.165) is 31.9 Å². The Morgan fingerprint density at radius 3 is 2.80 bits per heavy atom. The van der Waals surface area contributed by atoms with Crippen molar-refractivity contribution in [3.8, 4) is 0 Å². The third-order valence-corrected chi connectivity index (χ3v) is 6.57. The summed E-state index contributed by atoms with van der Waals surface area (Å²) < 4.78 is 2.96. The number of halogens is 1. The topological polar surface area (TPSA) is 102 Å². The fourth-order valence-electron chi connectivity index (χ4n) is 4.32. The number of aryl methyl sites for hydroxylation is 1. The van der Waals surface area contributed by atoms with E-state index in [1.807, 2.05) is 84.6 Å². The van der Waals surface area contributed by atoms with Gasteiger partial charge in [-0.15, -0.1) is 0 Å². The molecule has 0 saturated carbocycles. The number of amides is 1. The van der Waals surface area contributed by atoms with Crippen molar-refractivity contribution in [3.05, 3.63) is 94.4 Å². The number of carbonyl (C=O) groups is 1. The molecule has 7 nitrogen and oxygen atoms in total. The summed E-state index contributed by atoms with van der Waals surface area (Å²) in [5.41, 5.74) is 10.9. The van der Waals surface area contributed by atoms with Crippen molar-refractivity contribution >= 4 is 55.4 Å². The van der Waals surface area contributed by atoms with Crippen LogP contribution < -0.4 is 11.1 Å². The molecule has 0 unspecified atom stereocenters. The van der Waals surface area contributed by atoms with Gasteiger partial charge in [0, 0.05) is 58.4 Å². The number of fused-ring (bicyclic) bond motifs is 2. The average Bonchev–Trinajstić information content (AvgIpc) is 3.43. The van der Waals surface area contributed by atoms with Crippen LogP contribution in [0.15, 0.2) is 77.5 Å². The van der Waals surface area contributed by atoms with Crippen molar-refractivity contribution in [1.82, 2.24) is 25.1 Å². The number of hydrogen-bond acceptors (Lipinski definition) is 4. The molecule has 0 radical (unpaired) electrons. The minimum atomic E-state index is -0.215. The Morgan fingerprint density at radius 1 is 1.17 bits per heavy atom. The summed E-state index contributed by atoms with van der Waals surface area (Å²) in [6.45, 7) is 0.324. The molecular formula is C27H25BrN6O. The quantitative estimate of drug-likeness (QED) is 0.272. The lowest BCUT2D eigenvalue weighted by Crippen LogP contribution is -2.42. The van der Waals surface area contributed by atoms with E-state index in [-0.39, 0.29) is 11.9 Å². The molecule has 0 spiro atoms. The lowest BCUT2D eigenvalue weighted by atomic mass is 10.0. The molecule has 0 fully saturated rings. The number of aromatic nitrogens is 4. The van der Waals surface area contributed by atoms with Gasteiger partial charge in [0.15, 0.2) is 5.65 Å². The van der Waals surface area contributed by atoms with Crippen LogP contribution in [0.1, 0.15) is 16.8 Å².